The molecule has 6 rings (SSSR count). The van der Waals surface area contributed by atoms with Crippen molar-refractivity contribution < 1.29 is 34.5 Å². The van der Waals surface area contributed by atoms with Crippen LogP contribution in [0, 0.1) is 0 Å². The summed E-state index contributed by atoms with van der Waals surface area (Å²) < 4.78 is 0. The summed E-state index contributed by atoms with van der Waals surface area (Å²) in [5.74, 6) is 0.999. The normalized spacial score (nSPS) is 11.2. The predicted molar refractivity (Wildman–Crippen MR) is 149 cm³/mol. The molecule has 0 bridgehead atoms. The van der Waals surface area contributed by atoms with Gasteiger partial charge in [-0.1, -0.05) is 72.8 Å². The van der Waals surface area contributed by atoms with E-state index in [2.05, 4.69) is 0 Å². The molecule has 1 aliphatic carbocycles. The van der Waals surface area contributed by atoms with Crippen LogP contribution in [0.2, 0.25) is 0 Å². The lowest BCUT2D eigenvalue weighted by molar-refractivity contribution is 0.0650. The van der Waals surface area contributed by atoms with Crippen LogP contribution in [-0.4, -0.2) is 39.1 Å². The lowest BCUT2D eigenvalue weighted by Crippen LogP contribution is -2.31. The lowest BCUT2D eigenvalue weighted by atomic mass is 9.94. The maximum atomic E-state index is 12.0. The number of aromatic carboxylic acids is 3. The summed E-state index contributed by atoms with van der Waals surface area (Å²) in [6.45, 7) is 0. The summed E-state index contributed by atoms with van der Waals surface area (Å²) in [5, 5.41) is 31.0. The van der Waals surface area contributed by atoms with E-state index in [1.165, 1.54) is 12.1 Å². The monoisotopic (exact) mass is 534 g/mol. The fourth-order valence-corrected chi connectivity index (χ4v) is 5.22. The van der Waals surface area contributed by atoms with Crippen LogP contribution in [0.5, 0.6) is 0 Å². The van der Waals surface area contributed by atoms with Crippen LogP contribution in [0.4, 0.5) is 0 Å². The van der Waals surface area contributed by atoms with Gasteiger partial charge in [0.05, 0.1) is 22.3 Å². The van der Waals surface area contributed by atoms with Gasteiger partial charge in [0.1, 0.15) is 0 Å². The number of carboxylic acids is 3. The molecule has 9 nitrogen and oxygen atoms in total. The van der Waals surface area contributed by atoms with E-state index in [-0.39, 0.29) is 22.3 Å². The van der Waals surface area contributed by atoms with Crippen molar-refractivity contribution in [3.8, 4) is 11.1 Å². The molecule has 0 saturated heterocycles. The number of fused-ring (bicyclic) bond motifs is 6. The maximum Gasteiger partial charge on any atom is 0.336 e. The Morgan fingerprint density at radius 2 is 1.23 bits per heavy atom. The summed E-state index contributed by atoms with van der Waals surface area (Å²) in [7, 11) is 0. The van der Waals surface area contributed by atoms with Gasteiger partial charge in [-0.15, -0.1) is 0 Å². The third-order valence-corrected chi connectivity index (χ3v) is 6.95. The molecule has 0 fully saturated rings. The van der Waals surface area contributed by atoms with E-state index < -0.39 is 23.8 Å². The summed E-state index contributed by atoms with van der Waals surface area (Å²) in [4.78, 5) is 45.8. The Labute approximate surface area is 227 Å². The van der Waals surface area contributed by atoms with Crippen molar-refractivity contribution in [3.05, 3.63) is 118 Å². The molecule has 0 atom stereocenters. The van der Waals surface area contributed by atoms with Crippen LogP contribution < -0.4 is 11.3 Å². The van der Waals surface area contributed by atoms with E-state index in [0.717, 1.165) is 32.8 Å². The molecule has 9 heteroatoms. The number of carbonyl (C=O) groups excluding carboxylic acids is 1. The Morgan fingerprint density at radius 3 is 1.93 bits per heavy atom. The number of amides is 1. The van der Waals surface area contributed by atoms with Crippen LogP contribution in [0.15, 0.2) is 84.9 Å². The van der Waals surface area contributed by atoms with Crippen LogP contribution in [-0.2, 0) is 6.42 Å². The smallest absolute Gasteiger partial charge is 0.336 e. The fourth-order valence-electron chi connectivity index (χ4n) is 5.22. The highest BCUT2D eigenvalue weighted by Gasteiger charge is 2.28. The number of carbonyl (C=O) groups is 4. The zero-order chi connectivity index (χ0) is 28.6. The highest BCUT2D eigenvalue weighted by molar-refractivity contribution is 6.19. The molecule has 0 heterocycles. The van der Waals surface area contributed by atoms with Gasteiger partial charge in [0, 0.05) is 0 Å². The van der Waals surface area contributed by atoms with Crippen LogP contribution in [0.25, 0.3) is 32.7 Å². The lowest BCUT2D eigenvalue weighted by Gasteiger charge is -2.11. The first-order chi connectivity index (χ1) is 19.2. The molecular weight excluding hydrogens is 512 g/mol. The molecule has 0 unspecified atom stereocenters. The molecule has 198 valence electrons. The van der Waals surface area contributed by atoms with Gasteiger partial charge in [0.2, 0.25) is 0 Å². The molecule has 0 aromatic heterocycles. The minimum absolute atomic E-state index is 0.0688. The molecule has 1 amide bonds. The van der Waals surface area contributed by atoms with Crippen molar-refractivity contribution in [2.75, 3.05) is 0 Å². The summed E-state index contributed by atoms with van der Waals surface area (Å²) in [6.07, 6.45) is 0.467. The van der Waals surface area contributed by atoms with Crippen LogP contribution in [0.1, 0.15) is 52.6 Å². The van der Waals surface area contributed by atoms with Crippen molar-refractivity contribution in [1.82, 2.24) is 5.43 Å². The third kappa shape index (κ3) is 4.40. The SMILES string of the molecule is NNC(=O)c1c(C(=O)O)ccc2c1ccc1ccccc12.O=C(O)c1ccc2c(c1C(=O)O)Cc1ccccc1-2. The second-order valence-corrected chi connectivity index (χ2v) is 9.11. The zero-order valence-corrected chi connectivity index (χ0v) is 20.8. The zero-order valence-electron chi connectivity index (χ0n) is 20.8. The second-order valence-electron chi connectivity index (χ2n) is 9.11. The third-order valence-electron chi connectivity index (χ3n) is 6.95. The molecule has 0 spiro atoms. The first kappa shape index (κ1) is 26.1. The number of hydrogen-bond donors (Lipinski definition) is 5. The number of nitrogen functional groups attached to an aromatic ring is 1. The first-order valence-corrected chi connectivity index (χ1v) is 12.1. The average molecular weight is 535 g/mol. The number of nitrogens with one attached hydrogen (secondary N) is 1. The molecule has 6 N–H and O–H groups in total. The van der Waals surface area contributed by atoms with E-state index in [1.807, 2.05) is 60.0 Å². The quantitative estimate of drug-likeness (QED) is 0.0916. The maximum absolute atomic E-state index is 12.0. The van der Waals surface area contributed by atoms with Crippen molar-refractivity contribution in [2.45, 2.75) is 6.42 Å². The van der Waals surface area contributed by atoms with Crippen molar-refractivity contribution >= 4 is 45.4 Å². The van der Waals surface area contributed by atoms with Gasteiger partial charge in [-0.25, -0.2) is 20.2 Å². The van der Waals surface area contributed by atoms with Crippen molar-refractivity contribution in [3.63, 3.8) is 0 Å². The van der Waals surface area contributed by atoms with E-state index in [4.69, 9.17) is 10.9 Å². The minimum Gasteiger partial charge on any atom is -0.478 e. The number of hydrazine groups is 1. The molecule has 0 saturated carbocycles. The topological polar surface area (TPSA) is 167 Å². The van der Waals surface area contributed by atoms with Gasteiger partial charge in [-0.05, 0) is 62.4 Å². The highest BCUT2D eigenvalue weighted by atomic mass is 16.4. The molecular formula is C31H22N2O7. The standard InChI is InChI=1S/C16H12N2O3.C15H10O4/c17-18-15(19)14-12-6-5-9-3-1-2-4-10(9)11(12)7-8-13(14)16(20)21;16-14(17)11-6-5-10-9-4-2-1-3-8(9)7-12(10)13(11)15(18)19/h1-8H,17H2,(H,18,19)(H,20,21);1-6H,7H2,(H,16,17)(H,18,19). The summed E-state index contributed by atoms with van der Waals surface area (Å²) >= 11 is 0. The minimum atomic E-state index is -1.21. The van der Waals surface area contributed by atoms with Crippen molar-refractivity contribution in [1.29, 1.82) is 0 Å². The Morgan fingerprint density at radius 1 is 0.600 bits per heavy atom. The molecule has 40 heavy (non-hydrogen) atoms. The number of carboxylic acid groups (broad SMARTS) is 3. The van der Waals surface area contributed by atoms with E-state index in [0.29, 0.717) is 17.4 Å². The fraction of sp³-hybridized carbons (Fsp3) is 0.0323. The van der Waals surface area contributed by atoms with Crippen LogP contribution >= 0.6 is 0 Å². The summed E-state index contributed by atoms with van der Waals surface area (Å²) in [5.41, 5.74) is 5.20. The first-order valence-electron chi connectivity index (χ1n) is 12.1. The van der Waals surface area contributed by atoms with Gasteiger partial charge in [-0.3, -0.25) is 10.2 Å². The van der Waals surface area contributed by atoms with Gasteiger partial charge in [0.25, 0.3) is 5.91 Å². The average Bonchev–Trinajstić information content (AvgIpc) is 3.34. The van der Waals surface area contributed by atoms with Crippen LogP contribution in [0.3, 0.4) is 0 Å². The van der Waals surface area contributed by atoms with E-state index in [1.54, 1.807) is 18.2 Å². The number of benzene rings is 5. The molecule has 0 aliphatic heterocycles. The Bertz CT molecular complexity index is 1880. The molecule has 5 aromatic carbocycles. The predicted octanol–water partition coefficient (Wildman–Crippen LogP) is 4.95. The van der Waals surface area contributed by atoms with E-state index >= 15 is 0 Å². The Hall–Kier alpha value is -5.54. The van der Waals surface area contributed by atoms with Gasteiger partial charge < -0.3 is 15.3 Å². The number of rotatable bonds is 4. The van der Waals surface area contributed by atoms with Gasteiger partial charge in [0.15, 0.2) is 0 Å². The number of hydrogen-bond acceptors (Lipinski definition) is 5. The van der Waals surface area contributed by atoms with E-state index in [9.17, 15) is 29.4 Å². The second kappa shape index (κ2) is 10.3. The summed E-state index contributed by atoms with van der Waals surface area (Å²) in [6, 6.07) is 25.2. The Balaban J connectivity index is 0.000000162. The molecule has 5 aromatic rings. The van der Waals surface area contributed by atoms with Gasteiger partial charge >= 0.3 is 17.9 Å². The van der Waals surface area contributed by atoms with Gasteiger partial charge in [-0.2, -0.15) is 0 Å². The molecule has 0 radical (unpaired) electrons. The largest absolute Gasteiger partial charge is 0.478 e. The molecule has 1 aliphatic rings. The highest BCUT2D eigenvalue weighted by Crippen LogP contribution is 2.39. The Kier molecular flexibility index (Phi) is 6.73. The number of nitrogens with two attached hydrogens (primary N) is 1. The van der Waals surface area contributed by atoms with Crippen molar-refractivity contribution in [2.24, 2.45) is 5.84 Å².